The summed E-state index contributed by atoms with van der Waals surface area (Å²) in [6.07, 6.45) is 2.55. The van der Waals surface area contributed by atoms with Gasteiger partial charge in [-0.2, -0.15) is 0 Å². The van der Waals surface area contributed by atoms with E-state index in [1.54, 1.807) is 6.07 Å². The Kier molecular flexibility index (Phi) is 4.92. The van der Waals surface area contributed by atoms with E-state index in [1.807, 2.05) is 0 Å². The standard InChI is InChI=1S/C14H20N2O5S/c1-21-11-5-6-12(13(17)8-11)14(18)15-10-4-3-7-16(9-10)22(2,19)20/h5-6,8,10,17H,3-4,7,9H2,1-2H3,(H,15,18). The zero-order chi connectivity index (χ0) is 16.3. The molecule has 1 aliphatic heterocycles. The largest absolute Gasteiger partial charge is 0.507 e. The highest BCUT2D eigenvalue weighted by atomic mass is 32.2. The maximum Gasteiger partial charge on any atom is 0.255 e. The quantitative estimate of drug-likeness (QED) is 0.842. The Bertz CT molecular complexity index is 659. The molecule has 0 spiro atoms. The van der Waals surface area contributed by atoms with Gasteiger partial charge in [0.05, 0.1) is 18.9 Å². The lowest BCUT2D eigenvalue weighted by Crippen LogP contribution is -2.49. The monoisotopic (exact) mass is 328 g/mol. The fourth-order valence-corrected chi connectivity index (χ4v) is 3.37. The average Bonchev–Trinajstić information content (AvgIpc) is 2.46. The van der Waals surface area contributed by atoms with E-state index in [9.17, 15) is 18.3 Å². The number of hydrogen-bond donors (Lipinski definition) is 2. The number of phenols is 1. The zero-order valence-electron chi connectivity index (χ0n) is 12.6. The number of methoxy groups -OCH3 is 1. The molecule has 0 bridgehead atoms. The highest BCUT2D eigenvalue weighted by Crippen LogP contribution is 2.23. The average molecular weight is 328 g/mol. The lowest BCUT2D eigenvalue weighted by Gasteiger charge is -2.31. The highest BCUT2D eigenvalue weighted by Gasteiger charge is 2.27. The van der Waals surface area contributed by atoms with E-state index in [4.69, 9.17) is 4.74 Å². The van der Waals surface area contributed by atoms with Crippen molar-refractivity contribution in [1.82, 2.24) is 9.62 Å². The van der Waals surface area contributed by atoms with Gasteiger partial charge in [-0.3, -0.25) is 4.79 Å². The number of nitrogens with zero attached hydrogens (tertiary/aromatic N) is 1. The van der Waals surface area contributed by atoms with Crippen LogP contribution in [0.4, 0.5) is 0 Å². The normalized spacial score (nSPS) is 19.6. The second kappa shape index (κ2) is 6.53. The van der Waals surface area contributed by atoms with E-state index in [-0.39, 0.29) is 23.9 Å². The number of rotatable bonds is 4. The molecule has 0 saturated carbocycles. The fourth-order valence-electron chi connectivity index (χ4n) is 2.46. The van der Waals surface area contributed by atoms with Crippen LogP contribution in [-0.4, -0.2) is 56.2 Å². The SMILES string of the molecule is COc1ccc(C(=O)NC2CCCN(S(C)(=O)=O)C2)c(O)c1. The van der Waals surface area contributed by atoms with Crippen molar-refractivity contribution in [2.45, 2.75) is 18.9 Å². The summed E-state index contributed by atoms with van der Waals surface area (Å²) in [6.45, 7) is 0.723. The number of hydrogen-bond acceptors (Lipinski definition) is 5. The number of carbonyl (C=O) groups is 1. The first-order chi connectivity index (χ1) is 10.3. The Morgan fingerprint density at radius 2 is 2.18 bits per heavy atom. The van der Waals surface area contributed by atoms with Crippen molar-refractivity contribution in [2.75, 3.05) is 26.5 Å². The Balaban J connectivity index is 2.05. The summed E-state index contributed by atoms with van der Waals surface area (Å²) in [4.78, 5) is 12.2. The summed E-state index contributed by atoms with van der Waals surface area (Å²) >= 11 is 0. The number of phenolic OH excluding ortho intramolecular Hbond substituents is 1. The van der Waals surface area contributed by atoms with Crippen LogP contribution in [-0.2, 0) is 10.0 Å². The molecule has 0 aromatic heterocycles. The van der Waals surface area contributed by atoms with Gasteiger partial charge in [-0.05, 0) is 25.0 Å². The molecular weight excluding hydrogens is 308 g/mol. The summed E-state index contributed by atoms with van der Waals surface area (Å²) in [5, 5.41) is 12.6. The number of piperidine rings is 1. The fraction of sp³-hybridized carbons (Fsp3) is 0.500. The molecule has 8 heteroatoms. The summed E-state index contributed by atoms with van der Waals surface area (Å²) in [5.41, 5.74) is 0.136. The number of carbonyl (C=O) groups excluding carboxylic acids is 1. The van der Waals surface area contributed by atoms with Crippen molar-refractivity contribution >= 4 is 15.9 Å². The van der Waals surface area contributed by atoms with Gasteiger partial charge in [0.1, 0.15) is 11.5 Å². The lowest BCUT2D eigenvalue weighted by molar-refractivity contribution is 0.0918. The molecule has 0 aliphatic carbocycles. The van der Waals surface area contributed by atoms with Gasteiger partial charge in [0.2, 0.25) is 10.0 Å². The van der Waals surface area contributed by atoms with Crippen LogP contribution in [0.5, 0.6) is 11.5 Å². The third-order valence-corrected chi connectivity index (χ3v) is 4.91. The number of aromatic hydroxyl groups is 1. The maximum absolute atomic E-state index is 12.2. The van der Waals surface area contributed by atoms with Crippen LogP contribution in [0.3, 0.4) is 0 Å². The van der Waals surface area contributed by atoms with E-state index in [2.05, 4.69) is 5.32 Å². The van der Waals surface area contributed by atoms with Crippen LogP contribution >= 0.6 is 0 Å². The van der Waals surface area contributed by atoms with Gasteiger partial charge in [0.15, 0.2) is 0 Å². The molecule has 7 nitrogen and oxygen atoms in total. The summed E-state index contributed by atoms with van der Waals surface area (Å²) in [5.74, 6) is -0.150. The van der Waals surface area contributed by atoms with Gasteiger partial charge in [-0.1, -0.05) is 0 Å². The third kappa shape index (κ3) is 3.89. The lowest BCUT2D eigenvalue weighted by atomic mass is 10.1. The van der Waals surface area contributed by atoms with Crippen molar-refractivity contribution < 1.29 is 23.1 Å². The summed E-state index contributed by atoms with van der Waals surface area (Å²) < 4.78 is 29.5. The molecule has 122 valence electrons. The van der Waals surface area contributed by atoms with Gasteiger partial charge in [-0.25, -0.2) is 12.7 Å². The van der Waals surface area contributed by atoms with Gasteiger partial charge < -0.3 is 15.2 Å². The van der Waals surface area contributed by atoms with E-state index >= 15 is 0 Å². The minimum Gasteiger partial charge on any atom is -0.507 e. The third-order valence-electron chi connectivity index (χ3n) is 3.64. The van der Waals surface area contributed by atoms with Crippen LogP contribution < -0.4 is 10.1 Å². The van der Waals surface area contributed by atoms with E-state index in [0.717, 1.165) is 6.26 Å². The molecule has 1 aromatic rings. The van der Waals surface area contributed by atoms with Crippen molar-refractivity contribution in [2.24, 2.45) is 0 Å². The summed E-state index contributed by atoms with van der Waals surface area (Å²) in [6, 6.07) is 4.15. The highest BCUT2D eigenvalue weighted by molar-refractivity contribution is 7.88. The molecule has 1 amide bonds. The minimum atomic E-state index is -3.26. The Hall–Kier alpha value is -1.80. The minimum absolute atomic E-state index is 0.136. The molecular formula is C14H20N2O5S. The van der Waals surface area contributed by atoms with E-state index in [1.165, 1.54) is 23.5 Å². The molecule has 2 rings (SSSR count). The van der Waals surface area contributed by atoms with Crippen LogP contribution in [0.2, 0.25) is 0 Å². The molecule has 22 heavy (non-hydrogen) atoms. The Morgan fingerprint density at radius 1 is 1.45 bits per heavy atom. The van der Waals surface area contributed by atoms with Crippen LogP contribution in [0.15, 0.2) is 18.2 Å². The van der Waals surface area contributed by atoms with Gasteiger partial charge in [0.25, 0.3) is 5.91 Å². The van der Waals surface area contributed by atoms with E-state index in [0.29, 0.717) is 25.1 Å². The predicted octanol–water partition coefficient (Wildman–Crippen LogP) is 0.555. The predicted molar refractivity (Wildman–Crippen MR) is 81.6 cm³/mol. The van der Waals surface area contributed by atoms with Gasteiger partial charge >= 0.3 is 0 Å². The molecule has 2 N–H and O–H groups in total. The van der Waals surface area contributed by atoms with Crippen molar-refractivity contribution in [3.8, 4) is 11.5 Å². The van der Waals surface area contributed by atoms with Gasteiger partial charge in [0, 0.05) is 25.2 Å². The molecule has 1 aliphatic rings. The van der Waals surface area contributed by atoms with E-state index < -0.39 is 15.9 Å². The van der Waals surface area contributed by atoms with Crippen LogP contribution in [0, 0.1) is 0 Å². The second-order valence-electron chi connectivity index (χ2n) is 5.32. The van der Waals surface area contributed by atoms with Crippen LogP contribution in [0.25, 0.3) is 0 Å². The maximum atomic E-state index is 12.2. The second-order valence-corrected chi connectivity index (χ2v) is 7.30. The molecule has 1 fully saturated rings. The van der Waals surface area contributed by atoms with Crippen LogP contribution in [0.1, 0.15) is 23.2 Å². The Morgan fingerprint density at radius 3 is 2.77 bits per heavy atom. The number of nitrogens with one attached hydrogen (secondary N) is 1. The van der Waals surface area contributed by atoms with Crippen molar-refractivity contribution in [3.05, 3.63) is 23.8 Å². The zero-order valence-corrected chi connectivity index (χ0v) is 13.4. The molecule has 1 atom stereocenters. The van der Waals surface area contributed by atoms with Gasteiger partial charge in [-0.15, -0.1) is 0 Å². The first-order valence-electron chi connectivity index (χ1n) is 6.94. The smallest absolute Gasteiger partial charge is 0.255 e. The molecule has 1 aromatic carbocycles. The Labute approximate surface area is 129 Å². The summed E-state index contributed by atoms with van der Waals surface area (Å²) in [7, 11) is -1.79. The molecule has 1 heterocycles. The molecule has 1 unspecified atom stereocenters. The topological polar surface area (TPSA) is 95.9 Å². The first kappa shape index (κ1) is 16.6. The number of amides is 1. The molecule has 0 radical (unpaired) electrons. The number of benzene rings is 1. The van der Waals surface area contributed by atoms with Crippen molar-refractivity contribution in [3.63, 3.8) is 0 Å². The first-order valence-corrected chi connectivity index (χ1v) is 8.79. The number of ether oxygens (including phenoxy) is 1. The number of sulfonamides is 1. The van der Waals surface area contributed by atoms with Crippen molar-refractivity contribution in [1.29, 1.82) is 0 Å². The molecule has 1 saturated heterocycles.